The highest BCUT2D eigenvalue weighted by molar-refractivity contribution is 6.33. The van der Waals surface area contributed by atoms with Crippen LogP contribution >= 0.6 is 11.6 Å². The van der Waals surface area contributed by atoms with Gasteiger partial charge in [-0.1, -0.05) is 23.7 Å². The Balaban J connectivity index is 1.44. The van der Waals surface area contributed by atoms with E-state index in [1.165, 1.54) is 11.8 Å². The van der Waals surface area contributed by atoms with Crippen molar-refractivity contribution in [2.75, 3.05) is 36.0 Å². The number of benzene rings is 2. The van der Waals surface area contributed by atoms with E-state index in [1.807, 2.05) is 24.3 Å². The molecule has 7 heteroatoms. The Morgan fingerprint density at radius 2 is 1.62 bits per heavy atom. The fraction of sp³-hybridized carbons (Fsp3) is 0.318. The molecule has 1 atom stereocenters. The molecule has 2 aliphatic rings. The molecule has 2 heterocycles. The van der Waals surface area contributed by atoms with Crippen molar-refractivity contribution in [1.82, 2.24) is 4.90 Å². The second-order valence-electron chi connectivity index (χ2n) is 7.36. The number of rotatable bonds is 4. The molecule has 4 rings (SSSR count). The van der Waals surface area contributed by atoms with E-state index in [-0.39, 0.29) is 24.0 Å². The SMILES string of the molecule is CC(=O)c1ccc(N2C(=O)C[C@@H](N3CCN(c4ccccc4Cl)CC3)C2=O)cc1. The van der Waals surface area contributed by atoms with Crippen LogP contribution in [0.3, 0.4) is 0 Å². The molecule has 0 aromatic heterocycles. The van der Waals surface area contributed by atoms with Gasteiger partial charge in [0.05, 0.1) is 28.9 Å². The molecule has 0 aliphatic carbocycles. The summed E-state index contributed by atoms with van der Waals surface area (Å²) < 4.78 is 0. The van der Waals surface area contributed by atoms with E-state index in [9.17, 15) is 14.4 Å². The van der Waals surface area contributed by atoms with Crippen molar-refractivity contribution in [3.63, 3.8) is 0 Å². The van der Waals surface area contributed by atoms with Crippen molar-refractivity contribution >= 4 is 40.6 Å². The summed E-state index contributed by atoms with van der Waals surface area (Å²) >= 11 is 6.30. The molecule has 0 saturated carbocycles. The molecule has 2 fully saturated rings. The van der Waals surface area contributed by atoms with Crippen molar-refractivity contribution in [3.05, 3.63) is 59.1 Å². The Morgan fingerprint density at radius 1 is 0.966 bits per heavy atom. The predicted molar refractivity (Wildman–Crippen MR) is 113 cm³/mol. The smallest absolute Gasteiger partial charge is 0.251 e. The number of carbonyl (C=O) groups is 3. The van der Waals surface area contributed by atoms with E-state index < -0.39 is 6.04 Å². The maximum absolute atomic E-state index is 13.0. The highest BCUT2D eigenvalue weighted by Crippen LogP contribution is 2.29. The molecule has 2 aromatic carbocycles. The maximum Gasteiger partial charge on any atom is 0.251 e. The van der Waals surface area contributed by atoms with Crippen molar-refractivity contribution in [2.24, 2.45) is 0 Å². The fourth-order valence-electron chi connectivity index (χ4n) is 4.00. The molecule has 150 valence electrons. The molecule has 2 amide bonds. The summed E-state index contributed by atoms with van der Waals surface area (Å²) in [5.74, 6) is -0.453. The molecule has 0 N–H and O–H groups in total. The molecule has 0 bridgehead atoms. The van der Waals surface area contributed by atoms with Gasteiger partial charge >= 0.3 is 0 Å². The molecule has 2 saturated heterocycles. The lowest BCUT2D eigenvalue weighted by molar-refractivity contribution is -0.123. The minimum absolute atomic E-state index is 0.0510. The molecule has 2 aromatic rings. The molecule has 0 unspecified atom stereocenters. The lowest BCUT2D eigenvalue weighted by Crippen LogP contribution is -2.52. The number of hydrogen-bond acceptors (Lipinski definition) is 5. The van der Waals surface area contributed by atoms with Crippen LogP contribution in [0.5, 0.6) is 0 Å². The Kier molecular flexibility index (Phi) is 5.39. The number of halogens is 1. The van der Waals surface area contributed by atoms with Crippen molar-refractivity contribution in [1.29, 1.82) is 0 Å². The number of para-hydroxylation sites is 1. The number of hydrogen-bond donors (Lipinski definition) is 0. The summed E-state index contributed by atoms with van der Waals surface area (Å²) in [5, 5.41) is 0.716. The average Bonchev–Trinajstić information content (AvgIpc) is 3.02. The number of nitrogens with zero attached hydrogens (tertiary/aromatic N) is 3. The zero-order valence-corrected chi connectivity index (χ0v) is 16.9. The first-order valence-electron chi connectivity index (χ1n) is 9.67. The second-order valence-corrected chi connectivity index (χ2v) is 7.77. The third-order valence-electron chi connectivity index (χ3n) is 5.60. The lowest BCUT2D eigenvalue weighted by atomic mass is 10.1. The molecular formula is C22H22ClN3O3. The van der Waals surface area contributed by atoms with Gasteiger partial charge in [-0.25, -0.2) is 4.90 Å². The highest BCUT2D eigenvalue weighted by Gasteiger charge is 2.43. The first-order valence-corrected chi connectivity index (χ1v) is 10.0. The zero-order valence-electron chi connectivity index (χ0n) is 16.2. The standard InChI is InChI=1S/C22H22ClN3O3/c1-15(27)16-6-8-17(9-7-16)26-21(28)14-20(22(26)29)25-12-10-24(11-13-25)19-5-3-2-4-18(19)23/h2-9,20H,10-14H2,1H3/t20-/m1/s1. The molecular weight excluding hydrogens is 390 g/mol. The summed E-state index contributed by atoms with van der Waals surface area (Å²) in [6.07, 6.45) is 0.180. The first kappa shape index (κ1) is 19.6. The number of anilines is 2. The van der Waals surface area contributed by atoms with Crippen LogP contribution in [0.4, 0.5) is 11.4 Å². The van der Waals surface area contributed by atoms with E-state index >= 15 is 0 Å². The minimum Gasteiger partial charge on any atom is -0.368 e. The molecule has 0 spiro atoms. The van der Waals surface area contributed by atoms with Gasteiger partial charge in [-0.15, -0.1) is 0 Å². The average molecular weight is 412 g/mol. The van der Waals surface area contributed by atoms with Crippen molar-refractivity contribution in [3.8, 4) is 0 Å². The summed E-state index contributed by atoms with van der Waals surface area (Å²) in [4.78, 5) is 42.6. The summed E-state index contributed by atoms with van der Waals surface area (Å²) in [7, 11) is 0. The van der Waals surface area contributed by atoms with Crippen LogP contribution in [0.15, 0.2) is 48.5 Å². The minimum atomic E-state index is -0.441. The van der Waals surface area contributed by atoms with Crippen LogP contribution in [0.25, 0.3) is 0 Å². The van der Waals surface area contributed by atoms with E-state index in [1.54, 1.807) is 24.3 Å². The number of Topliss-reactive ketones (excluding diaryl/α,β-unsaturated/α-hetero) is 1. The predicted octanol–water partition coefficient (Wildman–Crippen LogP) is 3.00. The number of ketones is 1. The van der Waals surface area contributed by atoms with Gasteiger partial charge in [-0.3, -0.25) is 19.3 Å². The van der Waals surface area contributed by atoms with Gasteiger partial charge in [0, 0.05) is 31.7 Å². The van der Waals surface area contributed by atoms with Crippen LogP contribution in [0, 0.1) is 0 Å². The molecule has 0 radical (unpaired) electrons. The number of carbonyl (C=O) groups excluding carboxylic acids is 3. The van der Waals surface area contributed by atoms with Gasteiger partial charge < -0.3 is 4.90 Å². The number of piperazine rings is 1. The topological polar surface area (TPSA) is 60.9 Å². The number of imide groups is 1. The zero-order chi connectivity index (χ0) is 20.5. The van der Waals surface area contributed by atoms with Gasteiger partial charge in [-0.05, 0) is 43.3 Å². The first-order chi connectivity index (χ1) is 14.0. The van der Waals surface area contributed by atoms with Crippen molar-refractivity contribution in [2.45, 2.75) is 19.4 Å². The second kappa shape index (κ2) is 7.97. The van der Waals surface area contributed by atoms with Gasteiger partial charge in [0.15, 0.2) is 5.78 Å². The lowest BCUT2D eigenvalue weighted by Gasteiger charge is -2.38. The van der Waals surface area contributed by atoms with Gasteiger partial charge in [0.1, 0.15) is 0 Å². The third kappa shape index (κ3) is 3.78. The summed E-state index contributed by atoms with van der Waals surface area (Å²) in [5.41, 5.74) is 2.07. The van der Waals surface area contributed by atoms with E-state index in [0.29, 0.717) is 29.4 Å². The quantitative estimate of drug-likeness (QED) is 0.571. The van der Waals surface area contributed by atoms with Crippen LogP contribution in [-0.2, 0) is 9.59 Å². The fourth-order valence-corrected chi connectivity index (χ4v) is 4.26. The van der Waals surface area contributed by atoms with Gasteiger partial charge in [0.2, 0.25) is 5.91 Å². The monoisotopic (exact) mass is 411 g/mol. The maximum atomic E-state index is 13.0. The van der Waals surface area contributed by atoms with Crippen LogP contribution in [0.1, 0.15) is 23.7 Å². The normalized spacial score (nSPS) is 20.4. The van der Waals surface area contributed by atoms with Crippen molar-refractivity contribution < 1.29 is 14.4 Å². The molecule has 29 heavy (non-hydrogen) atoms. The third-order valence-corrected chi connectivity index (χ3v) is 5.92. The van der Waals surface area contributed by atoms with E-state index in [2.05, 4.69) is 9.80 Å². The molecule has 2 aliphatic heterocycles. The van der Waals surface area contributed by atoms with Crippen LogP contribution < -0.4 is 9.80 Å². The van der Waals surface area contributed by atoms with E-state index in [0.717, 1.165) is 18.8 Å². The summed E-state index contributed by atoms with van der Waals surface area (Å²) in [6.45, 7) is 4.35. The Hall–Kier alpha value is -2.70. The highest BCUT2D eigenvalue weighted by atomic mass is 35.5. The Bertz CT molecular complexity index is 952. The van der Waals surface area contributed by atoms with Gasteiger partial charge in [-0.2, -0.15) is 0 Å². The number of amides is 2. The Morgan fingerprint density at radius 3 is 2.24 bits per heavy atom. The van der Waals surface area contributed by atoms with Gasteiger partial charge in [0.25, 0.3) is 5.91 Å². The molecule has 6 nitrogen and oxygen atoms in total. The van der Waals surface area contributed by atoms with Crippen LogP contribution in [-0.4, -0.2) is 54.7 Å². The Labute approximate surface area is 174 Å². The largest absolute Gasteiger partial charge is 0.368 e. The van der Waals surface area contributed by atoms with E-state index in [4.69, 9.17) is 11.6 Å². The summed E-state index contributed by atoms with van der Waals surface area (Å²) in [6, 6.07) is 13.9. The van der Waals surface area contributed by atoms with Crippen LogP contribution in [0.2, 0.25) is 5.02 Å².